The number of aliphatic carboxylic acids is 1. The lowest BCUT2D eigenvalue weighted by atomic mass is 10.0. The van der Waals surface area contributed by atoms with Gasteiger partial charge in [0.1, 0.15) is 5.75 Å². The summed E-state index contributed by atoms with van der Waals surface area (Å²) in [6, 6.07) is 12.8. The quantitative estimate of drug-likeness (QED) is 0.659. The van der Waals surface area contributed by atoms with Crippen LogP contribution in [0.1, 0.15) is 16.7 Å². The van der Waals surface area contributed by atoms with Gasteiger partial charge in [-0.2, -0.15) is 0 Å². The molecule has 1 N–H and O–H groups in total. The van der Waals surface area contributed by atoms with Gasteiger partial charge in [-0.3, -0.25) is 0 Å². The summed E-state index contributed by atoms with van der Waals surface area (Å²) < 4.78 is 6.06. The molecule has 0 aliphatic rings. The molecule has 21 heavy (non-hydrogen) atoms. The number of ether oxygens (including phenoxy) is 1. The Balaban J connectivity index is 2.52. The van der Waals surface area contributed by atoms with Crippen molar-refractivity contribution in [3.8, 4) is 5.75 Å². The Morgan fingerprint density at radius 3 is 2.52 bits per heavy atom. The first kappa shape index (κ1) is 15.3. The lowest BCUT2D eigenvalue weighted by molar-refractivity contribution is -0.130. The monoisotopic (exact) mass is 346 g/mol. The van der Waals surface area contributed by atoms with E-state index in [0.717, 1.165) is 21.3 Å². The van der Waals surface area contributed by atoms with Crippen molar-refractivity contribution < 1.29 is 14.6 Å². The Morgan fingerprint density at radius 2 is 1.95 bits per heavy atom. The summed E-state index contributed by atoms with van der Waals surface area (Å²) in [4.78, 5) is 11.6. The van der Waals surface area contributed by atoms with E-state index in [0.29, 0.717) is 5.56 Å². The van der Waals surface area contributed by atoms with Crippen LogP contribution >= 0.6 is 15.9 Å². The van der Waals surface area contributed by atoms with Crippen molar-refractivity contribution in [2.75, 3.05) is 7.11 Å². The van der Waals surface area contributed by atoms with Crippen molar-refractivity contribution >= 4 is 33.5 Å². The van der Waals surface area contributed by atoms with Gasteiger partial charge in [-0.05, 0) is 47.9 Å². The molecule has 4 heteroatoms. The molecule has 0 bridgehead atoms. The van der Waals surface area contributed by atoms with Gasteiger partial charge in [0, 0.05) is 4.47 Å². The molecule has 0 radical (unpaired) electrons. The van der Waals surface area contributed by atoms with Crippen molar-refractivity contribution in [3.05, 3.63) is 63.6 Å². The normalized spacial score (nSPS) is 11.3. The molecule has 2 rings (SSSR count). The number of carbonyl (C=O) groups is 1. The van der Waals surface area contributed by atoms with Crippen LogP contribution in [-0.2, 0) is 4.79 Å². The highest BCUT2D eigenvalue weighted by atomic mass is 79.9. The zero-order chi connectivity index (χ0) is 15.4. The molecule has 0 saturated carbocycles. The van der Waals surface area contributed by atoms with Crippen LogP contribution in [0.15, 0.2) is 46.9 Å². The van der Waals surface area contributed by atoms with Crippen molar-refractivity contribution in [2.24, 2.45) is 0 Å². The van der Waals surface area contributed by atoms with Gasteiger partial charge in [-0.25, -0.2) is 4.79 Å². The zero-order valence-electron chi connectivity index (χ0n) is 11.8. The van der Waals surface area contributed by atoms with E-state index in [9.17, 15) is 9.90 Å². The van der Waals surface area contributed by atoms with Crippen LogP contribution in [0.2, 0.25) is 0 Å². The van der Waals surface area contributed by atoms with Gasteiger partial charge in [0.2, 0.25) is 0 Å². The number of hydrogen-bond acceptors (Lipinski definition) is 2. The van der Waals surface area contributed by atoms with E-state index in [4.69, 9.17) is 4.74 Å². The largest absolute Gasteiger partial charge is 0.496 e. The molecule has 0 unspecified atom stereocenters. The average Bonchev–Trinajstić information content (AvgIpc) is 2.46. The second kappa shape index (κ2) is 6.59. The Bertz CT molecular complexity index is 705. The van der Waals surface area contributed by atoms with E-state index in [1.807, 2.05) is 37.3 Å². The topological polar surface area (TPSA) is 46.5 Å². The number of benzene rings is 2. The van der Waals surface area contributed by atoms with E-state index >= 15 is 0 Å². The number of hydrogen-bond donors (Lipinski definition) is 1. The zero-order valence-corrected chi connectivity index (χ0v) is 13.3. The summed E-state index contributed by atoms with van der Waals surface area (Å²) in [6.07, 6.45) is 1.66. The molecule has 108 valence electrons. The minimum Gasteiger partial charge on any atom is -0.496 e. The van der Waals surface area contributed by atoms with Gasteiger partial charge >= 0.3 is 5.97 Å². The van der Waals surface area contributed by atoms with Crippen molar-refractivity contribution in [1.29, 1.82) is 0 Å². The fourth-order valence-electron chi connectivity index (χ4n) is 2.06. The predicted molar refractivity (Wildman–Crippen MR) is 87.4 cm³/mol. The smallest absolute Gasteiger partial charge is 0.336 e. The lowest BCUT2D eigenvalue weighted by Crippen LogP contribution is -2.00. The summed E-state index contributed by atoms with van der Waals surface area (Å²) in [5.74, 6) is -0.222. The average molecular weight is 347 g/mol. The minimum atomic E-state index is -0.963. The highest BCUT2D eigenvalue weighted by molar-refractivity contribution is 9.10. The Kier molecular flexibility index (Phi) is 4.81. The van der Waals surface area contributed by atoms with Gasteiger partial charge in [0.05, 0.1) is 12.7 Å². The van der Waals surface area contributed by atoms with E-state index in [1.165, 1.54) is 0 Å². The van der Waals surface area contributed by atoms with Gasteiger partial charge in [-0.1, -0.05) is 40.2 Å². The van der Waals surface area contributed by atoms with Crippen molar-refractivity contribution in [3.63, 3.8) is 0 Å². The molecule has 0 atom stereocenters. The Morgan fingerprint density at radius 1 is 1.24 bits per heavy atom. The van der Waals surface area contributed by atoms with E-state index in [1.54, 1.807) is 25.3 Å². The molecule has 2 aromatic carbocycles. The first-order valence-electron chi connectivity index (χ1n) is 6.37. The van der Waals surface area contributed by atoms with Crippen LogP contribution < -0.4 is 4.74 Å². The number of halogens is 1. The Hall–Kier alpha value is -2.07. The third-order valence-electron chi connectivity index (χ3n) is 3.14. The first-order valence-corrected chi connectivity index (χ1v) is 7.16. The molecule has 3 nitrogen and oxygen atoms in total. The highest BCUT2D eigenvalue weighted by Crippen LogP contribution is 2.27. The number of carboxylic acids is 1. The first-order chi connectivity index (χ1) is 10.0. The van der Waals surface area contributed by atoms with Crippen LogP contribution in [-0.4, -0.2) is 18.2 Å². The molecule has 0 heterocycles. The highest BCUT2D eigenvalue weighted by Gasteiger charge is 2.12. The maximum Gasteiger partial charge on any atom is 0.336 e. The van der Waals surface area contributed by atoms with Crippen molar-refractivity contribution in [1.82, 2.24) is 0 Å². The van der Waals surface area contributed by atoms with Crippen LogP contribution in [0, 0.1) is 6.92 Å². The number of carboxylic acid groups (broad SMARTS) is 1. The van der Waals surface area contributed by atoms with E-state index in [2.05, 4.69) is 15.9 Å². The molecular formula is C17H15BrO3. The number of aryl methyl sites for hydroxylation is 1. The van der Waals surface area contributed by atoms with Gasteiger partial charge in [0.15, 0.2) is 0 Å². The van der Waals surface area contributed by atoms with Crippen molar-refractivity contribution in [2.45, 2.75) is 6.92 Å². The minimum absolute atomic E-state index is 0.243. The molecular weight excluding hydrogens is 332 g/mol. The van der Waals surface area contributed by atoms with Crippen LogP contribution in [0.3, 0.4) is 0 Å². The van der Waals surface area contributed by atoms with Crippen LogP contribution in [0.4, 0.5) is 0 Å². The summed E-state index contributed by atoms with van der Waals surface area (Å²) in [5.41, 5.74) is 2.61. The fourth-order valence-corrected chi connectivity index (χ4v) is 2.46. The molecule has 0 aromatic heterocycles. The van der Waals surface area contributed by atoms with Crippen LogP contribution in [0.25, 0.3) is 11.6 Å². The van der Waals surface area contributed by atoms with Gasteiger partial charge < -0.3 is 9.84 Å². The molecule has 0 saturated heterocycles. The molecule has 0 aliphatic heterocycles. The van der Waals surface area contributed by atoms with Gasteiger partial charge in [-0.15, -0.1) is 0 Å². The number of rotatable bonds is 4. The molecule has 2 aromatic rings. The summed E-state index contributed by atoms with van der Waals surface area (Å²) >= 11 is 3.43. The molecule has 0 aliphatic carbocycles. The molecule has 0 amide bonds. The summed E-state index contributed by atoms with van der Waals surface area (Å²) in [6.45, 7) is 1.89. The SMILES string of the molecule is COc1ccc(/C(=C/c2ccccc2Br)C(=O)O)cc1C. The standard InChI is InChI=1S/C17H15BrO3/c1-11-9-12(7-8-16(11)21-2)14(17(19)20)10-13-5-3-4-6-15(13)18/h3-10H,1-2H3,(H,19,20)/b14-10-. The Labute approximate surface area is 132 Å². The summed E-state index contributed by atoms with van der Waals surface area (Å²) in [7, 11) is 1.59. The van der Waals surface area contributed by atoms with Gasteiger partial charge in [0.25, 0.3) is 0 Å². The van der Waals surface area contributed by atoms with E-state index < -0.39 is 5.97 Å². The maximum absolute atomic E-state index is 11.6. The maximum atomic E-state index is 11.6. The summed E-state index contributed by atoms with van der Waals surface area (Å²) in [5, 5.41) is 9.48. The third-order valence-corrected chi connectivity index (χ3v) is 3.86. The molecule has 0 spiro atoms. The number of methoxy groups -OCH3 is 1. The fraction of sp³-hybridized carbons (Fsp3) is 0.118. The second-order valence-electron chi connectivity index (χ2n) is 4.57. The third kappa shape index (κ3) is 3.52. The predicted octanol–water partition coefficient (Wildman–Crippen LogP) is 4.39. The van der Waals surface area contributed by atoms with E-state index in [-0.39, 0.29) is 5.57 Å². The molecule has 0 fully saturated rings. The van der Waals surface area contributed by atoms with Crippen LogP contribution in [0.5, 0.6) is 5.75 Å². The lowest BCUT2D eigenvalue weighted by Gasteiger charge is -2.09. The second-order valence-corrected chi connectivity index (χ2v) is 5.42.